The molecule has 2 aliphatic carbocycles. The number of hydrogen-bond donors (Lipinski definition) is 0. The summed E-state index contributed by atoms with van der Waals surface area (Å²) >= 11 is 0. The number of carbonyl (C=O) groups excluding carboxylic acids is 1. The molecule has 2 saturated carbocycles. The van der Waals surface area contributed by atoms with E-state index in [-0.39, 0.29) is 10.8 Å². The first kappa shape index (κ1) is 7.33. The third kappa shape index (κ3) is 0.605. The molecule has 1 unspecified atom stereocenters. The zero-order valence-electron chi connectivity index (χ0n) is 7.61. The molecule has 0 radical (unpaired) electrons. The lowest BCUT2D eigenvalue weighted by atomic mass is 9.70. The molecule has 0 saturated heterocycles. The second-order valence-electron chi connectivity index (χ2n) is 4.92. The molecular weight excluding hydrogens is 136 g/mol. The maximum absolute atomic E-state index is 11.6. The monoisotopic (exact) mass is 152 g/mol. The summed E-state index contributed by atoms with van der Waals surface area (Å²) in [7, 11) is 0. The number of ketones is 1. The van der Waals surface area contributed by atoms with Crippen LogP contribution in [0.15, 0.2) is 0 Å². The van der Waals surface area contributed by atoms with Crippen molar-refractivity contribution < 1.29 is 4.79 Å². The van der Waals surface area contributed by atoms with Crippen LogP contribution in [0, 0.1) is 16.7 Å². The van der Waals surface area contributed by atoms with Gasteiger partial charge in [-0.2, -0.15) is 0 Å². The normalized spacial score (nSPS) is 46.8. The van der Waals surface area contributed by atoms with E-state index in [1.807, 2.05) is 0 Å². The molecule has 0 spiro atoms. The van der Waals surface area contributed by atoms with Crippen molar-refractivity contribution >= 4 is 5.78 Å². The summed E-state index contributed by atoms with van der Waals surface area (Å²) < 4.78 is 0. The predicted molar refractivity (Wildman–Crippen MR) is 44.2 cm³/mol. The smallest absolute Gasteiger partial charge is 0.139 e. The Kier molecular flexibility index (Phi) is 1.13. The number of rotatable bonds is 0. The Hall–Kier alpha value is -0.330. The summed E-state index contributed by atoms with van der Waals surface area (Å²) in [4.78, 5) is 11.6. The lowest BCUT2D eigenvalue weighted by Crippen LogP contribution is -2.32. The van der Waals surface area contributed by atoms with E-state index in [9.17, 15) is 4.79 Å². The first-order chi connectivity index (χ1) is 4.98. The summed E-state index contributed by atoms with van der Waals surface area (Å²) in [6, 6.07) is 0. The maximum atomic E-state index is 11.6. The number of fused-ring (bicyclic) bond motifs is 2. The molecule has 1 heteroatoms. The van der Waals surface area contributed by atoms with Gasteiger partial charge in [-0.15, -0.1) is 0 Å². The predicted octanol–water partition coefficient (Wildman–Crippen LogP) is 2.40. The first-order valence-corrected chi connectivity index (χ1v) is 4.52. The van der Waals surface area contributed by atoms with Gasteiger partial charge in [0.2, 0.25) is 0 Å². The Morgan fingerprint density at radius 2 is 2.00 bits per heavy atom. The quantitative estimate of drug-likeness (QED) is 0.521. The molecule has 1 nitrogen and oxygen atoms in total. The summed E-state index contributed by atoms with van der Waals surface area (Å²) in [6.45, 7) is 6.67. The van der Waals surface area contributed by atoms with Crippen LogP contribution in [0.25, 0.3) is 0 Å². The molecule has 2 atom stereocenters. The van der Waals surface area contributed by atoms with E-state index in [1.54, 1.807) is 0 Å². The molecule has 2 fully saturated rings. The minimum atomic E-state index is 0.0255. The lowest BCUT2D eigenvalue weighted by molar-refractivity contribution is -0.128. The summed E-state index contributed by atoms with van der Waals surface area (Å²) in [5, 5.41) is 0. The zero-order chi connectivity index (χ0) is 8.28. The Balaban J connectivity index is 2.47. The summed E-state index contributed by atoms with van der Waals surface area (Å²) in [5.74, 6) is 1.19. The molecule has 2 rings (SSSR count). The summed E-state index contributed by atoms with van der Waals surface area (Å²) in [5.41, 5.74) is 0.307. The van der Waals surface area contributed by atoms with Crippen molar-refractivity contribution in [3.05, 3.63) is 0 Å². The van der Waals surface area contributed by atoms with Crippen molar-refractivity contribution in [1.82, 2.24) is 0 Å². The highest BCUT2D eigenvalue weighted by Crippen LogP contribution is 2.63. The topological polar surface area (TPSA) is 17.1 Å². The zero-order valence-corrected chi connectivity index (χ0v) is 7.61. The third-order valence-electron chi connectivity index (χ3n) is 4.48. The van der Waals surface area contributed by atoms with Crippen LogP contribution in [0.3, 0.4) is 0 Å². The van der Waals surface area contributed by atoms with E-state index in [2.05, 4.69) is 20.8 Å². The van der Waals surface area contributed by atoms with Gasteiger partial charge in [0.15, 0.2) is 0 Å². The maximum Gasteiger partial charge on any atom is 0.139 e. The number of hydrogen-bond acceptors (Lipinski definition) is 1. The molecule has 62 valence electrons. The van der Waals surface area contributed by atoms with Crippen molar-refractivity contribution in [2.75, 3.05) is 0 Å². The minimum Gasteiger partial charge on any atom is -0.299 e. The van der Waals surface area contributed by atoms with Crippen LogP contribution in [0.5, 0.6) is 0 Å². The van der Waals surface area contributed by atoms with Crippen LogP contribution in [-0.4, -0.2) is 5.78 Å². The Morgan fingerprint density at radius 1 is 1.36 bits per heavy atom. The number of carbonyl (C=O) groups is 1. The molecular formula is C10H16O. The van der Waals surface area contributed by atoms with Crippen molar-refractivity contribution in [2.24, 2.45) is 16.7 Å². The molecule has 0 aromatic carbocycles. The van der Waals surface area contributed by atoms with E-state index >= 15 is 0 Å². The molecule has 0 aliphatic heterocycles. The molecule has 0 amide bonds. The van der Waals surface area contributed by atoms with Crippen LogP contribution >= 0.6 is 0 Å². The van der Waals surface area contributed by atoms with Crippen LogP contribution < -0.4 is 0 Å². The molecule has 2 bridgehead atoms. The highest BCUT2D eigenvalue weighted by molar-refractivity contribution is 5.89. The van der Waals surface area contributed by atoms with E-state index in [1.165, 1.54) is 6.42 Å². The van der Waals surface area contributed by atoms with Gasteiger partial charge in [0, 0.05) is 11.8 Å². The molecule has 0 aromatic heterocycles. The van der Waals surface area contributed by atoms with Crippen LogP contribution in [0.2, 0.25) is 0 Å². The van der Waals surface area contributed by atoms with Crippen LogP contribution in [-0.2, 0) is 4.79 Å². The van der Waals surface area contributed by atoms with E-state index in [4.69, 9.17) is 0 Å². The van der Waals surface area contributed by atoms with Crippen LogP contribution in [0.1, 0.15) is 40.0 Å². The molecule has 11 heavy (non-hydrogen) atoms. The fourth-order valence-corrected chi connectivity index (χ4v) is 2.90. The molecule has 2 aliphatic rings. The molecule has 0 N–H and O–H groups in total. The van der Waals surface area contributed by atoms with Crippen molar-refractivity contribution in [1.29, 1.82) is 0 Å². The van der Waals surface area contributed by atoms with Gasteiger partial charge in [-0.3, -0.25) is 4.79 Å². The van der Waals surface area contributed by atoms with Crippen LogP contribution in [0.4, 0.5) is 0 Å². The Labute approximate surface area is 68.2 Å². The van der Waals surface area contributed by atoms with Gasteiger partial charge < -0.3 is 0 Å². The standard InChI is InChI=1S/C10H16O/c1-9(2)7-4-5-10(9,3)8(11)6-7/h7H,4-6H2,1-3H3/t7?,10-/m1/s1. The Bertz CT molecular complexity index is 217. The van der Waals surface area contributed by atoms with Gasteiger partial charge in [-0.05, 0) is 24.2 Å². The average molecular weight is 152 g/mol. The third-order valence-corrected chi connectivity index (χ3v) is 4.48. The average Bonchev–Trinajstić information content (AvgIpc) is 2.20. The fraction of sp³-hybridized carbons (Fsp3) is 0.900. The van der Waals surface area contributed by atoms with Gasteiger partial charge in [0.25, 0.3) is 0 Å². The van der Waals surface area contributed by atoms with E-state index in [0.29, 0.717) is 11.7 Å². The second-order valence-corrected chi connectivity index (χ2v) is 4.92. The SMILES string of the molecule is CC1(C)C2CC[C@]1(C)C(=O)C2. The highest BCUT2D eigenvalue weighted by Gasteiger charge is 2.61. The van der Waals surface area contributed by atoms with Gasteiger partial charge in [-0.25, -0.2) is 0 Å². The second kappa shape index (κ2) is 1.70. The van der Waals surface area contributed by atoms with Gasteiger partial charge >= 0.3 is 0 Å². The first-order valence-electron chi connectivity index (χ1n) is 4.52. The largest absolute Gasteiger partial charge is 0.299 e. The van der Waals surface area contributed by atoms with E-state index < -0.39 is 0 Å². The van der Waals surface area contributed by atoms with Crippen molar-refractivity contribution in [3.63, 3.8) is 0 Å². The Morgan fingerprint density at radius 3 is 2.18 bits per heavy atom. The highest BCUT2D eigenvalue weighted by atomic mass is 16.1. The van der Waals surface area contributed by atoms with E-state index in [0.717, 1.165) is 12.8 Å². The van der Waals surface area contributed by atoms with Gasteiger partial charge in [-0.1, -0.05) is 20.8 Å². The number of Topliss-reactive ketones (excluding diaryl/α,β-unsaturated/α-hetero) is 1. The van der Waals surface area contributed by atoms with Crippen molar-refractivity contribution in [2.45, 2.75) is 40.0 Å². The van der Waals surface area contributed by atoms with Gasteiger partial charge in [0.05, 0.1) is 0 Å². The summed E-state index contributed by atoms with van der Waals surface area (Å²) in [6.07, 6.45) is 3.25. The van der Waals surface area contributed by atoms with Gasteiger partial charge in [0.1, 0.15) is 5.78 Å². The van der Waals surface area contributed by atoms with Crippen molar-refractivity contribution in [3.8, 4) is 0 Å². The molecule has 0 heterocycles. The fourth-order valence-electron chi connectivity index (χ4n) is 2.90. The molecule has 0 aromatic rings. The lowest BCUT2D eigenvalue weighted by Gasteiger charge is -2.32. The minimum absolute atomic E-state index is 0.0255.